The number of rotatable bonds is 5. The molecule has 1 fully saturated rings. The molecule has 1 aromatic carbocycles. The van der Waals surface area contributed by atoms with Crippen LogP contribution >= 0.6 is 0 Å². The highest BCUT2D eigenvalue weighted by Crippen LogP contribution is 2.34. The third kappa shape index (κ3) is 4.36. The number of nitrogens with one attached hydrogen (secondary N) is 1. The molecule has 0 bridgehead atoms. The largest absolute Gasteiger partial charge is 0.486 e. The molecular formula is C18H27N3O5S. The van der Waals surface area contributed by atoms with Crippen LogP contribution in [0, 0.1) is 5.92 Å². The van der Waals surface area contributed by atoms with Crippen molar-refractivity contribution in [2.45, 2.75) is 24.3 Å². The Balaban J connectivity index is 1.78. The average Bonchev–Trinajstić information content (AvgIpc) is 2.65. The van der Waals surface area contributed by atoms with Gasteiger partial charge in [-0.25, -0.2) is 8.42 Å². The Morgan fingerprint density at radius 1 is 1.26 bits per heavy atom. The van der Waals surface area contributed by atoms with Gasteiger partial charge in [0.05, 0.1) is 4.90 Å². The number of hydrogen-bond donors (Lipinski definition) is 1. The number of amides is 1. The Kier molecular flexibility index (Phi) is 5.92. The maximum atomic E-state index is 13.2. The predicted octanol–water partition coefficient (Wildman–Crippen LogP) is 0.535. The first kappa shape index (κ1) is 19.9. The van der Waals surface area contributed by atoms with Gasteiger partial charge in [0.1, 0.15) is 13.2 Å². The van der Waals surface area contributed by atoms with E-state index >= 15 is 0 Å². The van der Waals surface area contributed by atoms with Gasteiger partial charge in [0.15, 0.2) is 11.5 Å². The van der Waals surface area contributed by atoms with Crippen molar-refractivity contribution in [3.8, 4) is 11.5 Å². The number of carbonyl (C=O) groups is 1. The van der Waals surface area contributed by atoms with Gasteiger partial charge in [-0.1, -0.05) is 0 Å². The number of nitrogens with zero attached hydrogens (tertiary/aromatic N) is 2. The van der Waals surface area contributed by atoms with E-state index in [0.717, 1.165) is 0 Å². The van der Waals surface area contributed by atoms with E-state index in [9.17, 15) is 13.2 Å². The summed E-state index contributed by atoms with van der Waals surface area (Å²) < 4.78 is 38.8. The highest BCUT2D eigenvalue weighted by molar-refractivity contribution is 7.89. The fourth-order valence-corrected chi connectivity index (χ4v) is 5.09. The number of likely N-dealkylation sites (N-methyl/N-ethyl adjacent to an activating group) is 1. The van der Waals surface area contributed by atoms with Crippen molar-refractivity contribution in [1.82, 2.24) is 14.5 Å². The molecular weight excluding hydrogens is 370 g/mol. The highest BCUT2D eigenvalue weighted by Gasteiger charge is 2.37. The van der Waals surface area contributed by atoms with Crippen LogP contribution in [0.3, 0.4) is 0 Å². The van der Waals surface area contributed by atoms with Crippen molar-refractivity contribution >= 4 is 15.9 Å². The van der Waals surface area contributed by atoms with Gasteiger partial charge < -0.3 is 19.7 Å². The molecule has 0 aromatic heterocycles. The number of benzene rings is 1. The maximum absolute atomic E-state index is 13.2. The van der Waals surface area contributed by atoms with Gasteiger partial charge in [-0.2, -0.15) is 4.31 Å². The van der Waals surface area contributed by atoms with Gasteiger partial charge in [0.25, 0.3) is 0 Å². The van der Waals surface area contributed by atoms with Crippen molar-refractivity contribution < 1.29 is 22.7 Å². The van der Waals surface area contributed by atoms with E-state index in [1.807, 2.05) is 19.0 Å². The predicted molar refractivity (Wildman–Crippen MR) is 100 cm³/mol. The molecule has 0 saturated carbocycles. The molecule has 1 saturated heterocycles. The molecule has 2 heterocycles. The summed E-state index contributed by atoms with van der Waals surface area (Å²) in [5.74, 6) is 1.17. The Labute approximate surface area is 160 Å². The van der Waals surface area contributed by atoms with Crippen molar-refractivity contribution in [3.63, 3.8) is 0 Å². The van der Waals surface area contributed by atoms with Crippen molar-refractivity contribution in [2.75, 3.05) is 46.9 Å². The van der Waals surface area contributed by atoms with Gasteiger partial charge in [-0.3, -0.25) is 4.79 Å². The first-order valence-corrected chi connectivity index (χ1v) is 10.5. The lowest BCUT2D eigenvalue weighted by Crippen LogP contribution is -2.54. The number of hydrogen-bond acceptors (Lipinski definition) is 6. The summed E-state index contributed by atoms with van der Waals surface area (Å²) in [6, 6.07) is 4.78. The molecule has 9 heteroatoms. The highest BCUT2D eigenvalue weighted by atomic mass is 32.2. The van der Waals surface area contributed by atoms with Crippen LogP contribution in [-0.2, 0) is 14.8 Å². The van der Waals surface area contributed by atoms with E-state index in [2.05, 4.69) is 5.32 Å². The number of piperidine rings is 1. The van der Waals surface area contributed by atoms with Crippen LogP contribution in [0.15, 0.2) is 23.1 Å². The zero-order valence-electron chi connectivity index (χ0n) is 16.0. The Bertz CT molecular complexity index is 796. The molecule has 1 aromatic rings. The zero-order valence-corrected chi connectivity index (χ0v) is 16.8. The van der Waals surface area contributed by atoms with E-state index in [-0.39, 0.29) is 22.8 Å². The summed E-state index contributed by atoms with van der Waals surface area (Å²) in [6.45, 7) is 3.72. The van der Waals surface area contributed by atoms with Crippen LogP contribution in [0.25, 0.3) is 0 Å². The van der Waals surface area contributed by atoms with E-state index in [1.165, 1.54) is 17.3 Å². The molecule has 0 aliphatic carbocycles. The van der Waals surface area contributed by atoms with Crippen LogP contribution in [0.1, 0.15) is 13.3 Å². The van der Waals surface area contributed by atoms with Crippen molar-refractivity contribution in [3.05, 3.63) is 18.2 Å². The smallest absolute Gasteiger partial charge is 0.243 e. The molecule has 1 amide bonds. The summed E-state index contributed by atoms with van der Waals surface area (Å²) in [4.78, 5) is 13.5. The normalized spacial score (nSPS) is 23.3. The lowest BCUT2D eigenvalue weighted by atomic mass is 9.92. The second-order valence-corrected chi connectivity index (χ2v) is 9.12. The van der Waals surface area contributed by atoms with Gasteiger partial charge in [0.2, 0.25) is 15.9 Å². The van der Waals surface area contributed by atoms with E-state index < -0.39 is 10.0 Å². The van der Waals surface area contributed by atoms with E-state index in [1.54, 1.807) is 12.1 Å². The molecule has 2 aliphatic heterocycles. The lowest BCUT2D eigenvalue weighted by Gasteiger charge is -2.41. The van der Waals surface area contributed by atoms with Crippen LogP contribution in [0.4, 0.5) is 0 Å². The Morgan fingerprint density at radius 2 is 1.96 bits per heavy atom. The standard InChI is InChI=1S/C18H27N3O5S/c1-13(22)19-11-14-6-7-21(12-16(14)20(2)3)27(23,24)15-4-5-17-18(10-15)26-9-8-25-17/h4-5,10,14,16H,6-9,11-12H2,1-3H3,(H,19,22)/t14-,16-/m1/s1. The van der Waals surface area contributed by atoms with Gasteiger partial charge in [0, 0.05) is 38.7 Å². The van der Waals surface area contributed by atoms with Gasteiger partial charge in [-0.15, -0.1) is 0 Å². The molecule has 2 aliphatic rings. The third-order valence-electron chi connectivity index (χ3n) is 5.11. The second kappa shape index (κ2) is 8.04. The monoisotopic (exact) mass is 397 g/mol. The fraction of sp³-hybridized carbons (Fsp3) is 0.611. The number of carbonyl (C=O) groups excluding carboxylic acids is 1. The lowest BCUT2D eigenvalue weighted by molar-refractivity contribution is -0.119. The quantitative estimate of drug-likeness (QED) is 0.780. The molecule has 0 spiro atoms. The summed E-state index contributed by atoms with van der Waals surface area (Å²) in [6.07, 6.45) is 0.687. The summed E-state index contributed by atoms with van der Waals surface area (Å²) >= 11 is 0. The van der Waals surface area contributed by atoms with Crippen molar-refractivity contribution in [1.29, 1.82) is 0 Å². The summed E-state index contributed by atoms with van der Waals surface area (Å²) in [5, 5.41) is 2.86. The average molecular weight is 397 g/mol. The number of fused-ring (bicyclic) bond motifs is 1. The van der Waals surface area contributed by atoms with Crippen LogP contribution in [0.2, 0.25) is 0 Å². The van der Waals surface area contributed by atoms with E-state index in [0.29, 0.717) is 50.8 Å². The van der Waals surface area contributed by atoms with Gasteiger partial charge >= 0.3 is 0 Å². The first-order chi connectivity index (χ1) is 12.8. The molecule has 1 N–H and O–H groups in total. The van der Waals surface area contributed by atoms with Crippen LogP contribution in [0.5, 0.6) is 11.5 Å². The van der Waals surface area contributed by atoms with Crippen molar-refractivity contribution in [2.24, 2.45) is 5.92 Å². The van der Waals surface area contributed by atoms with Gasteiger partial charge in [-0.05, 0) is 38.6 Å². The number of sulfonamides is 1. The molecule has 150 valence electrons. The minimum atomic E-state index is -3.63. The Hall–Kier alpha value is -1.84. The molecule has 0 unspecified atom stereocenters. The summed E-state index contributed by atoms with van der Waals surface area (Å²) in [7, 11) is 0.239. The maximum Gasteiger partial charge on any atom is 0.243 e. The topological polar surface area (TPSA) is 88.2 Å². The third-order valence-corrected chi connectivity index (χ3v) is 6.97. The minimum absolute atomic E-state index is 0.0255. The number of ether oxygens (including phenoxy) is 2. The van der Waals surface area contributed by atoms with Crippen LogP contribution < -0.4 is 14.8 Å². The molecule has 27 heavy (non-hydrogen) atoms. The fourth-order valence-electron chi connectivity index (χ4n) is 3.60. The molecule has 3 rings (SSSR count). The molecule has 2 atom stereocenters. The zero-order chi connectivity index (χ0) is 19.6. The molecule has 8 nitrogen and oxygen atoms in total. The second-order valence-electron chi connectivity index (χ2n) is 7.19. The molecule has 0 radical (unpaired) electrons. The van der Waals surface area contributed by atoms with Crippen LogP contribution in [-0.4, -0.2) is 76.5 Å². The SMILES string of the molecule is CC(=O)NC[C@H]1CCN(S(=O)(=O)c2ccc3c(c2)OCCO3)C[C@H]1N(C)C. The first-order valence-electron chi connectivity index (χ1n) is 9.09. The Morgan fingerprint density at radius 3 is 2.63 bits per heavy atom. The summed E-state index contributed by atoms with van der Waals surface area (Å²) in [5.41, 5.74) is 0. The minimum Gasteiger partial charge on any atom is -0.486 e. The van der Waals surface area contributed by atoms with E-state index in [4.69, 9.17) is 9.47 Å².